The van der Waals surface area contributed by atoms with Crippen molar-refractivity contribution in [2.45, 2.75) is 30.7 Å². The predicted octanol–water partition coefficient (Wildman–Crippen LogP) is 3.86. The quantitative estimate of drug-likeness (QED) is 0.788. The first-order chi connectivity index (χ1) is 12.7. The molecule has 0 spiro atoms. The van der Waals surface area contributed by atoms with Gasteiger partial charge in [0.25, 0.3) is 0 Å². The molecule has 0 radical (unpaired) electrons. The van der Waals surface area contributed by atoms with Gasteiger partial charge in [0.2, 0.25) is 0 Å². The van der Waals surface area contributed by atoms with Crippen molar-refractivity contribution in [3.63, 3.8) is 0 Å². The Morgan fingerprint density at radius 1 is 1.04 bits per heavy atom. The van der Waals surface area contributed by atoms with Gasteiger partial charge in [0.05, 0.1) is 17.3 Å². The number of rotatable bonds is 4. The van der Waals surface area contributed by atoms with Gasteiger partial charge in [0.15, 0.2) is 0 Å². The lowest BCUT2D eigenvalue weighted by Gasteiger charge is -2.39. The number of alkyl halides is 3. The van der Waals surface area contributed by atoms with Crippen molar-refractivity contribution in [3.05, 3.63) is 71.0 Å². The number of aliphatic hydroxyl groups excluding tert-OH is 1. The largest absolute Gasteiger partial charge is 0.416 e. The molecule has 1 fully saturated rings. The van der Waals surface area contributed by atoms with Crippen LogP contribution >= 0.6 is 0 Å². The molecule has 0 aromatic heterocycles. The first-order valence-corrected chi connectivity index (χ1v) is 8.73. The van der Waals surface area contributed by atoms with Crippen LogP contribution in [0.25, 0.3) is 0 Å². The Kier molecular flexibility index (Phi) is 5.55. The molecule has 2 aromatic carbocycles. The number of hydrogen-bond acceptors (Lipinski definition) is 3. The zero-order valence-corrected chi connectivity index (χ0v) is 14.6. The molecule has 1 unspecified atom stereocenters. The SMILES string of the molecule is OC(CN1CCC(O)(c2cccc(C(F)(F)F)c2)CC1)c1ccc(F)cc1. The second kappa shape index (κ2) is 7.58. The Morgan fingerprint density at radius 2 is 1.67 bits per heavy atom. The number of halogens is 4. The van der Waals surface area contributed by atoms with Gasteiger partial charge in [-0.3, -0.25) is 0 Å². The Hall–Kier alpha value is -1.96. The average Bonchev–Trinajstić information content (AvgIpc) is 2.64. The highest BCUT2D eigenvalue weighted by Gasteiger charge is 2.37. The van der Waals surface area contributed by atoms with Crippen LogP contribution in [0.4, 0.5) is 17.6 Å². The van der Waals surface area contributed by atoms with Crippen molar-refractivity contribution in [2.75, 3.05) is 19.6 Å². The molecule has 0 bridgehead atoms. The molecular weight excluding hydrogens is 362 g/mol. The highest BCUT2D eigenvalue weighted by molar-refractivity contribution is 5.30. The van der Waals surface area contributed by atoms with E-state index >= 15 is 0 Å². The first-order valence-electron chi connectivity index (χ1n) is 8.73. The third-order valence-electron chi connectivity index (χ3n) is 5.10. The minimum Gasteiger partial charge on any atom is -0.387 e. The molecular formula is C20H21F4NO2. The van der Waals surface area contributed by atoms with Crippen LogP contribution < -0.4 is 0 Å². The summed E-state index contributed by atoms with van der Waals surface area (Å²) >= 11 is 0. The molecule has 7 heteroatoms. The molecule has 0 amide bonds. The minimum absolute atomic E-state index is 0.260. The van der Waals surface area contributed by atoms with E-state index in [1.54, 1.807) is 0 Å². The summed E-state index contributed by atoms with van der Waals surface area (Å²) in [6.07, 6.45) is -4.72. The van der Waals surface area contributed by atoms with Crippen LogP contribution in [0.5, 0.6) is 0 Å². The van der Waals surface area contributed by atoms with Gasteiger partial charge >= 0.3 is 6.18 Å². The fourth-order valence-electron chi connectivity index (χ4n) is 3.41. The molecule has 0 saturated carbocycles. The summed E-state index contributed by atoms with van der Waals surface area (Å²) in [5, 5.41) is 21.1. The van der Waals surface area contributed by atoms with Crippen LogP contribution in [-0.4, -0.2) is 34.7 Å². The van der Waals surface area contributed by atoms with E-state index in [2.05, 4.69) is 0 Å². The molecule has 1 aliphatic heterocycles. The van der Waals surface area contributed by atoms with E-state index < -0.39 is 23.4 Å². The second-order valence-corrected chi connectivity index (χ2v) is 6.98. The number of β-amino-alcohol motifs (C(OH)–C–C–N with tert-alkyl or cyclic N) is 1. The van der Waals surface area contributed by atoms with Gasteiger partial charge in [-0.25, -0.2) is 4.39 Å². The standard InChI is InChI=1S/C20H21F4NO2/c21-17-6-4-14(5-7-17)18(26)13-25-10-8-19(27,9-11-25)15-2-1-3-16(12-15)20(22,23)24/h1-7,12,18,26-27H,8-11,13H2. The van der Waals surface area contributed by atoms with E-state index in [4.69, 9.17) is 0 Å². The fourth-order valence-corrected chi connectivity index (χ4v) is 3.41. The molecule has 0 aliphatic carbocycles. The Bertz CT molecular complexity index is 768. The maximum absolute atomic E-state index is 13.0. The van der Waals surface area contributed by atoms with Gasteiger partial charge in [0.1, 0.15) is 5.82 Å². The monoisotopic (exact) mass is 383 g/mol. The zero-order chi connectivity index (χ0) is 19.7. The van der Waals surface area contributed by atoms with E-state index in [9.17, 15) is 27.8 Å². The number of hydrogen-bond donors (Lipinski definition) is 2. The van der Waals surface area contributed by atoms with Crippen LogP contribution in [0.15, 0.2) is 48.5 Å². The predicted molar refractivity (Wildman–Crippen MR) is 92.4 cm³/mol. The Labute approximate surface area is 154 Å². The maximum atomic E-state index is 13.0. The van der Waals surface area contributed by atoms with Gasteiger partial charge in [-0.2, -0.15) is 13.2 Å². The van der Waals surface area contributed by atoms with Gasteiger partial charge in [-0.05, 0) is 48.2 Å². The summed E-state index contributed by atoms with van der Waals surface area (Å²) < 4.78 is 51.7. The van der Waals surface area contributed by atoms with Crippen LogP contribution in [0.2, 0.25) is 0 Å². The highest BCUT2D eigenvalue weighted by Crippen LogP contribution is 2.37. The lowest BCUT2D eigenvalue weighted by atomic mass is 9.83. The van der Waals surface area contributed by atoms with Gasteiger partial charge in [0, 0.05) is 19.6 Å². The van der Waals surface area contributed by atoms with Crippen molar-refractivity contribution < 1.29 is 27.8 Å². The van der Waals surface area contributed by atoms with Crippen molar-refractivity contribution >= 4 is 0 Å². The normalized spacial score (nSPS) is 19.0. The number of benzene rings is 2. The fraction of sp³-hybridized carbons (Fsp3) is 0.400. The van der Waals surface area contributed by atoms with Gasteiger partial charge in [-0.1, -0.05) is 24.3 Å². The topological polar surface area (TPSA) is 43.7 Å². The van der Waals surface area contributed by atoms with Crippen LogP contribution in [0, 0.1) is 5.82 Å². The van der Waals surface area contributed by atoms with E-state index in [1.165, 1.54) is 36.4 Å². The lowest BCUT2D eigenvalue weighted by Crippen LogP contribution is -2.44. The third kappa shape index (κ3) is 4.66. The zero-order valence-electron chi connectivity index (χ0n) is 14.6. The number of likely N-dealkylation sites (tertiary alicyclic amines) is 1. The molecule has 1 saturated heterocycles. The number of nitrogens with zero attached hydrogens (tertiary/aromatic N) is 1. The summed E-state index contributed by atoms with van der Waals surface area (Å²) in [7, 11) is 0. The molecule has 3 rings (SSSR count). The molecule has 2 aromatic rings. The summed E-state index contributed by atoms with van der Waals surface area (Å²) in [6, 6.07) is 10.4. The molecule has 1 atom stereocenters. The van der Waals surface area contributed by atoms with Crippen LogP contribution in [0.3, 0.4) is 0 Å². The third-order valence-corrected chi connectivity index (χ3v) is 5.10. The lowest BCUT2D eigenvalue weighted by molar-refractivity contribution is -0.137. The molecule has 2 N–H and O–H groups in total. The van der Waals surface area contributed by atoms with Gasteiger partial charge < -0.3 is 15.1 Å². The molecule has 27 heavy (non-hydrogen) atoms. The summed E-state index contributed by atoms with van der Waals surface area (Å²) in [4.78, 5) is 1.94. The molecule has 146 valence electrons. The van der Waals surface area contributed by atoms with Crippen molar-refractivity contribution in [1.82, 2.24) is 4.90 Å². The van der Waals surface area contributed by atoms with Crippen LogP contribution in [-0.2, 0) is 11.8 Å². The van der Waals surface area contributed by atoms with E-state index in [0.29, 0.717) is 25.2 Å². The maximum Gasteiger partial charge on any atom is 0.416 e. The van der Waals surface area contributed by atoms with Crippen LogP contribution in [0.1, 0.15) is 35.6 Å². The molecule has 1 heterocycles. The van der Waals surface area contributed by atoms with E-state index in [1.807, 2.05) is 4.90 Å². The Balaban J connectivity index is 1.63. The van der Waals surface area contributed by atoms with E-state index in [0.717, 1.165) is 12.1 Å². The smallest absolute Gasteiger partial charge is 0.387 e. The highest BCUT2D eigenvalue weighted by atomic mass is 19.4. The second-order valence-electron chi connectivity index (χ2n) is 6.98. The van der Waals surface area contributed by atoms with E-state index in [-0.39, 0.29) is 24.2 Å². The summed E-state index contributed by atoms with van der Waals surface area (Å²) in [5.74, 6) is -0.380. The van der Waals surface area contributed by atoms with Crippen molar-refractivity contribution in [3.8, 4) is 0 Å². The number of piperidine rings is 1. The van der Waals surface area contributed by atoms with Gasteiger partial charge in [-0.15, -0.1) is 0 Å². The minimum atomic E-state index is -4.45. The molecule has 3 nitrogen and oxygen atoms in total. The first kappa shape index (κ1) is 19.8. The summed E-state index contributed by atoms with van der Waals surface area (Å²) in [5.41, 5.74) is -1.24. The molecule has 1 aliphatic rings. The summed E-state index contributed by atoms with van der Waals surface area (Å²) in [6.45, 7) is 1.18. The number of aliphatic hydroxyl groups is 2. The van der Waals surface area contributed by atoms with Crippen molar-refractivity contribution in [1.29, 1.82) is 0 Å². The average molecular weight is 383 g/mol. The van der Waals surface area contributed by atoms with Crippen molar-refractivity contribution in [2.24, 2.45) is 0 Å². The Morgan fingerprint density at radius 3 is 2.26 bits per heavy atom.